The van der Waals surface area contributed by atoms with Gasteiger partial charge in [0, 0.05) is 20.1 Å². The van der Waals surface area contributed by atoms with Crippen molar-refractivity contribution in [2.75, 3.05) is 26.7 Å². The van der Waals surface area contributed by atoms with Gasteiger partial charge in [0.05, 0.1) is 5.25 Å². The predicted molar refractivity (Wildman–Crippen MR) is 66.9 cm³/mol. The zero-order valence-electron chi connectivity index (χ0n) is 10.8. The van der Waals surface area contributed by atoms with Crippen LogP contribution in [0.1, 0.15) is 33.6 Å². The third-order valence-corrected chi connectivity index (χ3v) is 5.05. The Morgan fingerprint density at radius 3 is 2.44 bits per heavy atom. The fourth-order valence-corrected chi connectivity index (χ4v) is 3.96. The summed E-state index contributed by atoms with van der Waals surface area (Å²) in [5.41, 5.74) is 0.00388. The molecular weight excluding hydrogens is 224 g/mol. The second-order valence-electron chi connectivity index (χ2n) is 5.83. The number of nitrogens with zero attached hydrogens (tertiary/aromatic N) is 1. The maximum Gasteiger partial charge on any atom is 0.218 e. The summed E-state index contributed by atoms with van der Waals surface area (Å²) in [6, 6.07) is 0. The molecule has 1 unspecified atom stereocenters. The molecule has 1 rings (SSSR count). The molecule has 0 aromatic rings. The Bertz CT molecular complexity index is 313. The number of sulfonamides is 1. The highest BCUT2D eigenvalue weighted by atomic mass is 32.2. The molecule has 1 fully saturated rings. The largest absolute Gasteiger partial charge is 0.315 e. The Kier molecular flexibility index (Phi) is 4.37. The number of rotatable bonds is 3. The summed E-state index contributed by atoms with van der Waals surface area (Å²) in [5.74, 6) is 0. The summed E-state index contributed by atoms with van der Waals surface area (Å²) in [6.07, 6.45) is 1.73. The monoisotopic (exact) mass is 248 g/mol. The van der Waals surface area contributed by atoms with Crippen molar-refractivity contribution in [3.05, 3.63) is 0 Å². The van der Waals surface area contributed by atoms with Crippen LogP contribution in [0, 0.1) is 5.41 Å². The van der Waals surface area contributed by atoms with Gasteiger partial charge in [-0.1, -0.05) is 20.8 Å². The van der Waals surface area contributed by atoms with Crippen molar-refractivity contribution in [3.8, 4) is 0 Å². The zero-order valence-corrected chi connectivity index (χ0v) is 11.6. The van der Waals surface area contributed by atoms with Crippen LogP contribution in [0.25, 0.3) is 0 Å². The van der Waals surface area contributed by atoms with Gasteiger partial charge in [0.2, 0.25) is 10.0 Å². The molecule has 1 aliphatic rings. The van der Waals surface area contributed by atoms with Gasteiger partial charge in [-0.05, 0) is 24.8 Å². The summed E-state index contributed by atoms with van der Waals surface area (Å²) < 4.78 is 26.0. The average molecular weight is 248 g/mol. The molecule has 4 nitrogen and oxygen atoms in total. The molecule has 0 amide bonds. The second kappa shape index (κ2) is 5.02. The fraction of sp³-hybridized carbons (Fsp3) is 1.00. The summed E-state index contributed by atoms with van der Waals surface area (Å²) >= 11 is 0. The topological polar surface area (TPSA) is 49.4 Å². The maximum atomic E-state index is 12.2. The first-order chi connectivity index (χ1) is 7.23. The SMILES string of the molecule is CN(CC(C)(C)C)S(=O)(=O)C1CCCNC1. The third-order valence-electron chi connectivity index (χ3n) is 2.80. The van der Waals surface area contributed by atoms with E-state index in [9.17, 15) is 8.42 Å². The molecule has 0 saturated carbocycles. The molecule has 5 heteroatoms. The Labute approximate surface area is 99.5 Å². The second-order valence-corrected chi connectivity index (χ2v) is 8.15. The van der Waals surface area contributed by atoms with E-state index in [0.29, 0.717) is 13.1 Å². The van der Waals surface area contributed by atoms with Crippen LogP contribution >= 0.6 is 0 Å². The van der Waals surface area contributed by atoms with E-state index in [1.165, 1.54) is 4.31 Å². The smallest absolute Gasteiger partial charge is 0.218 e. The zero-order chi connectivity index (χ0) is 12.4. The summed E-state index contributed by atoms with van der Waals surface area (Å²) in [7, 11) is -1.43. The van der Waals surface area contributed by atoms with Crippen LogP contribution < -0.4 is 5.32 Å². The van der Waals surface area contributed by atoms with Crippen molar-refractivity contribution < 1.29 is 8.42 Å². The molecule has 1 atom stereocenters. The lowest BCUT2D eigenvalue weighted by Gasteiger charge is -2.31. The quantitative estimate of drug-likeness (QED) is 0.812. The molecule has 0 aromatic carbocycles. The van der Waals surface area contributed by atoms with Crippen molar-refractivity contribution in [1.29, 1.82) is 0 Å². The van der Waals surface area contributed by atoms with Crippen LogP contribution in [0.5, 0.6) is 0 Å². The standard InChI is InChI=1S/C11H24N2O2S/c1-11(2,3)9-13(4)16(14,15)10-6-5-7-12-8-10/h10,12H,5-9H2,1-4H3. The van der Waals surface area contributed by atoms with E-state index >= 15 is 0 Å². The lowest BCUT2D eigenvalue weighted by Crippen LogP contribution is -2.46. The molecule has 16 heavy (non-hydrogen) atoms. The summed E-state index contributed by atoms with van der Waals surface area (Å²) in [4.78, 5) is 0. The van der Waals surface area contributed by atoms with Gasteiger partial charge in [-0.3, -0.25) is 0 Å². The molecule has 96 valence electrons. The van der Waals surface area contributed by atoms with Gasteiger partial charge < -0.3 is 5.32 Å². The van der Waals surface area contributed by atoms with E-state index in [1.54, 1.807) is 7.05 Å². The minimum absolute atomic E-state index is 0.00388. The highest BCUT2D eigenvalue weighted by molar-refractivity contribution is 7.89. The van der Waals surface area contributed by atoms with Crippen molar-refractivity contribution >= 4 is 10.0 Å². The number of nitrogens with one attached hydrogen (secondary N) is 1. The van der Waals surface area contributed by atoms with Crippen molar-refractivity contribution in [2.45, 2.75) is 38.9 Å². The minimum atomic E-state index is -3.12. The summed E-state index contributed by atoms with van der Waals surface area (Å²) in [5, 5.41) is 2.91. The van der Waals surface area contributed by atoms with Crippen molar-refractivity contribution in [1.82, 2.24) is 9.62 Å². The van der Waals surface area contributed by atoms with Crippen LogP contribution in [-0.4, -0.2) is 44.7 Å². The van der Waals surface area contributed by atoms with E-state index in [4.69, 9.17) is 0 Å². The lowest BCUT2D eigenvalue weighted by atomic mass is 9.97. The van der Waals surface area contributed by atoms with Gasteiger partial charge in [0.15, 0.2) is 0 Å². The van der Waals surface area contributed by atoms with E-state index in [-0.39, 0.29) is 10.7 Å². The van der Waals surface area contributed by atoms with Gasteiger partial charge in [0.1, 0.15) is 0 Å². The Morgan fingerprint density at radius 2 is 2.00 bits per heavy atom. The van der Waals surface area contributed by atoms with Crippen LogP contribution in [0.15, 0.2) is 0 Å². The third kappa shape index (κ3) is 3.71. The van der Waals surface area contributed by atoms with Crippen molar-refractivity contribution in [2.24, 2.45) is 5.41 Å². The average Bonchev–Trinajstić information content (AvgIpc) is 2.16. The normalized spacial score (nSPS) is 23.7. The van der Waals surface area contributed by atoms with Crippen LogP contribution in [0.3, 0.4) is 0 Å². The maximum absolute atomic E-state index is 12.2. The number of piperidine rings is 1. The molecular formula is C11H24N2O2S. The molecule has 1 saturated heterocycles. The number of hydrogen-bond donors (Lipinski definition) is 1. The van der Waals surface area contributed by atoms with E-state index in [0.717, 1.165) is 19.4 Å². The fourth-order valence-electron chi connectivity index (χ4n) is 2.09. The Morgan fingerprint density at radius 1 is 1.38 bits per heavy atom. The predicted octanol–water partition coefficient (Wildman–Crippen LogP) is 1.05. The molecule has 0 radical (unpaired) electrons. The first-order valence-corrected chi connectivity index (χ1v) is 7.40. The molecule has 0 aromatic heterocycles. The molecule has 1 N–H and O–H groups in total. The number of hydrogen-bond acceptors (Lipinski definition) is 3. The van der Waals surface area contributed by atoms with Crippen LogP contribution in [0.2, 0.25) is 0 Å². The molecule has 1 heterocycles. The van der Waals surface area contributed by atoms with Gasteiger partial charge in [-0.2, -0.15) is 0 Å². The van der Waals surface area contributed by atoms with Gasteiger partial charge >= 0.3 is 0 Å². The van der Waals surface area contributed by atoms with Gasteiger partial charge in [-0.25, -0.2) is 12.7 Å². The van der Waals surface area contributed by atoms with E-state index in [2.05, 4.69) is 26.1 Å². The molecule has 1 aliphatic heterocycles. The summed E-state index contributed by atoms with van der Waals surface area (Å²) in [6.45, 7) is 8.27. The van der Waals surface area contributed by atoms with Gasteiger partial charge in [0.25, 0.3) is 0 Å². The highest BCUT2D eigenvalue weighted by Gasteiger charge is 2.32. The molecule has 0 bridgehead atoms. The minimum Gasteiger partial charge on any atom is -0.315 e. The van der Waals surface area contributed by atoms with E-state index < -0.39 is 10.0 Å². The molecule has 0 spiro atoms. The van der Waals surface area contributed by atoms with E-state index in [1.807, 2.05) is 0 Å². The van der Waals surface area contributed by atoms with Crippen LogP contribution in [-0.2, 0) is 10.0 Å². The molecule has 0 aliphatic carbocycles. The Hall–Kier alpha value is -0.130. The Balaban J connectivity index is 2.68. The first kappa shape index (κ1) is 13.9. The highest BCUT2D eigenvalue weighted by Crippen LogP contribution is 2.20. The lowest BCUT2D eigenvalue weighted by molar-refractivity contribution is 0.306. The first-order valence-electron chi connectivity index (χ1n) is 5.89. The van der Waals surface area contributed by atoms with Crippen molar-refractivity contribution in [3.63, 3.8) is 0 Å². The van der Waals surface area contributed by atoms with Crippen LogP contribution in [0.4, 0.5) is 0 Å². The van der Waals surface area contributed by atoms with Gasteiger partial charge in [-0.15, -0.1) is 0 Å².